The molecule has 7 heteroatoms. The van der Waals surface area contributed by atoms with Gasteiger partial charge in [0.2, 0.25) is 5.89 Å². The van der Waals surface area contributed by atoms with Crippen LogP contribution in [0, 0.1) is 6.92 Å². The molecular weight excluding hydrogens is 260 g/mol. The van der Waals surface area contributed by atoms with Gasteiger partial charge >= 0.3 is 6.01 Å². The number of aromatic nitrogens is 3. The minimum absolute atomic E-state index is 0.0537. The monoisotopic (exact) mass is 272 g/mol. The maximum Gasteiger partial charge on any atom is 0.316 e. The number of rotatable bonds is 5. The molecule has 1 N–H and O–H groups in total. The van der Waals surface area contributed by atoms with Gasteiger partial charge in [0.05, 0.1) is 6.04 Å². The van der Waals surface area contributed by atoms with Gasteiger partial charge in [-0.1, -0.05) is 5.10 Å². The number of anilines is 1. The van der Waals surface area contributed by atoms with E-state index in [2.05, 4.69) is 20.5 Å². The van der Waals surface area contributed by atoms with E-state index >= 15 is 0 Å². The predicted molar refractivity (Wildman–Crippen MR) is 67.6 cm³/mol. The molecule has 1 unspecified atom stereocenters. The average Bonchev–Trinajstić information content (AvgIpc) is 2.88. The van der Waals surface area contributed by atoms with E-state index in [0.29, 0.717) is 24.2 Å². The maximum absolute atomic E-state index is 5.59. The number of alkyl halides is 1. The predicted octanol–water partition coefficient (Wildman–Crippen LogP) is 2.79. The van der Waals surface area contributed by atoms with E-state index < -0.39 is 0 Å². The van der Waals surface area contributed by atoms with Crippen LogP contribution in [0.15, 0.2) is 9.80 Å². The van der Waals surface area contributed by atoms with Crippen molar-refractivity contribution in [3.63, 3.8) is 0 Å². The fourth-order valence-electron chi connectivity index (χ4n) is 1.31. The normalized spacial score (nSPS) is 12.6. The molecule has 0 aliphatic heterocycles. The van der Waals surface area contributed by atoms with Gasteiger partial charge < -0.3 is 9.73 Å². The number of halogens is 1. The Balaban J connectivity index is 1.99. The zero-order chi connectivity index (χ0) is 12.3. The van der Waals surface area contributed by atoms with Crippen LogP contribution in [0.5, 0.6) is 0 Å². The summed E-state index contributed by atoms with van der Waals surface area (Å²) in [6.45, 7) is 3.97. The molecule has 0 amide bonds. The second kappa shape index (κ2) is 5.46. The van der Waals surface area contributed by atoms with Gasteiger partial charge in [0.25, 0.3) is 0 Å². The average molecular weight is 273 g/mol. The Hall–Kier alpha value is -1.14. The van der Waals surface area contributed by atoms with Crippen molar-refractivity contribution in [2.24, 2.45) is 0 Å². The van der Waals surface area contributed by atoms with Gasteiger partial charge in [0.1, 0.15) is 5.01 Å². The Bertz CT molecular complexity index is 484. The van der Waals surface area contributed by atoms with Gasteiger partial charge in [-0.05, 0) is 13.8 Å². The Morgan fingerprint density at radius 3 is 3.00 bits per heavy atom. The van der Waals surface area contributed by atoms with Crippen molar-refractivity contribution in [1.82, 2.24) is 15.2 Å². The van der Waals surface area contributed by atoms with Crippen LogP contribution in [0.25, 0.3) is 0 Å². The standard InChI is InChI=1S/C10H13ClN4OS/c1-6-5-17-9(12-6)7(2)13-10-15-14-8(16-10)3-4-11/h5,7H,3-4H2,1-2H3,(H,13,15). The van der Waals surface area contributed by atoms with E-state index in [4.69, 9.17) is 16.0 Å². The molecule has 1 atom stereocenters. The molecule has 2 rings (SSSR count). The van der Waals surface area contributed by atoms with Crippen molar-refractivity contribution in [2.45, 2.75) is 26.3 Å². The molecule has 0 aliphatic carbocycles. The highest BCUT2D eigenvalue weighted by atomic mass is 35.5. The molecule has 2 heterocycles. The molecule has 0 spiro atoms. The van der Waals surface area contributed by atoms with Crippen molar-refractivity contribution < 1.29 is 4.42 Å². The summed E-state index contributed by atoms with van der Waals surface area (Å²) in [6, 6.07) is 0.462. The summed E-state index contributed by atoms with van der Waals surface area (Å²) in [5, 5.41) is 13.9. The molecule has 17 heavy (non-hydrogen) atoms. The van der Waals surface area contributed by atoms with Crippen molar-refractivity contribution in [2.75, 3.05) is 11.2 Å². The summed E-state index contributed by atoms with van der Waals surface area (Å²) in [4.78, 5) is 4.39. The van der Waals surface area contributed by atoms with Crippen molar-refractivity contribution >= 4 is 29.0 Å². The van der Waals surface area contributed by atoms with Crippen LogP contribution >= 0.6 is 22.9 Å². The van der Waals surface area contributed by atoms with Gasteiger partial charge in [-0.2, -0.15) is 0 Å². The summed E-state index contributed by atoms with van der Waals surface area (Å²) in [5.41, 5.74) is 1.02. The molecule has 0 bridgehead atoms. The number of nitrogens with zero attached hydrogens (tertiary/aromatic N) is 3. The first kappa shape index (κ1) is 12.3. The lowest BCUT2D eigenvalue weighted by Gasteiger charge is -2.07. The van der Waals surface area contributed by atoms with Crippen molar-refractivity contribution in [1.29, 1.82) is 0 Å². The third-order valence-corrected chi connectivity index (χ3v) is 3.46. The van der Waals surface area contributed by atoms with Crippen molar-refractivity contribution in [3.8, 4) is 0 Å². The Morgan fingerprint density at radius 1 is 1.53 bits per heavy atom. The molecule has 2 aromatic rings. The van der Waals surface area contributed by atoms with Gasteiger partial charge in [0.15, 0.2) is 0 Å². The van der Waals surface area contributed by atoms with Crippen LogP contribution < -0.4 is 5.32 Å². The highest BCUT2D eigenvalue weighted by molar-refractivity contribution is 7.09. The third kappa shape index (κ3) is 3.17. The first-order valence-corrected chi connectivity index (χ1v) is 6.67. The largest absolute Gasteiger partial charge is 0.408 e. The lowest BCUT2D eigenvalue weighted by molar-refractivity contribution is 0.508. The number of aryl methyl sites for hydroxylation is 2. The van der Waals surface area contributed by atoms with E-state index in [0.717, 1.165) is 10.7 Å². The van der Waals surface area contributed by atoms with Gasteiger partial charge in [-0.3, -0.25) is 0 Å². The number of hydrogen-bond acceptors (Lipinski definition) is 6. The lowest BCUT2D eigenvalue weighted by Crippen LogP contribution is -2.06. The number of nitrogens with one attached hydrogen (secondary N) is 1. The fraction of sp³-hybridized carbons (Fsp3) is 0.500. The second-order valence-corrected chi connectivity index (χ2v) is 4.90. The Kier molecular flexibility index (Phi) is 3.96. The fourth-order valence-corrected chi connectivity index (χ4v) is 2.28. The molecular formula is C10H13ClN4OS. The SMILES string of the molecule is Cc1csc(C(C)Nc2nnc(CCCl)o2)n1. The van der Waals surface area contributed by atoms with Gasteiger partial charge in [-0.15, -0.1) is 28.0 Å². The topological polar surface area (TPSA) is 63.8 Å². The number of hydrogen-bond donors (Lipinski definition) is 1. The minimum atomic E-state index is 0.0537. The van der Waals surface area contributed by atoms with Crippen LogP contribution in [0.1, 0.15) is 29.6 Å². The maximum atomic E-state index is 5.59. The summed E-state index contributed by atoms with van der Waals surface area (Å²) in [5.74, 6) is 1.02. The number of thiazole rings is 1. The molecule has 0 aromatic carbocycles. The van der Waals surface area contributed by atoms with E-state index in [-0.39, 0.29) is 6.04 Å². The zero-order valence-corrected chi connectivity index (χ0v) is 11.2. The van der Waals surface area contributed by atoms with Crippen LogP contribution in [0.4, 0.5) is 6.01 Å². The molecule has 2 aromatic heterocycles. The van der Waals surface area contributed by atoms with Crippen molar-refractivity contribution in [3.05, 3.63) is 22.0 Å². The quantitative estimate of drug-likeness (QED) is 0.848. The van der Waals surface area contributed by atoms with Crippen LogP contribution in [0.2, 0.25) is 0 Å². The highest BCUT2D eigenvalue weighted by Crippen LogP contribution is 2.21. The second-order valence-electron chi connectivity index (χ2n) is 3.63. The molecule has 0 radical (unpaired) electrons. The molecule has 92 valence electrons. The summed E-state index contributed by atoms with van der Waals surface area (Å²) < 4.78 is 5.38. The molecule has 0 fully saturated rings. The summed E-state index contributed by atoms with van der Waals surface area (Å²) in [7, 11) is 0. The smallest absolute Gasteiger partial charge is 0.316 e. The molecule has 5 nitrogen and oxygen atoms in total. The van der Waals surface area contributed by atoms with Gasteiger partial charge in [0, 0.05) is 23.4 Å². The Labute approximate surface area is 108 Å². The third-order valence-electron chi connectivity index (χ3n) is 2.12. The highest BCUT2D eigenvalue weighted by Gasteiger charge is 2.13. The van der Waals surface area contributed by atoms with E-state index in [1.54, 1.807) is 11.3 Å². The molecule has 0 saturated carbocycles. The first-order valence-electron chi connectivity index (χ1n) is 5.26. The van der Waals surface area contributed by atoms with Crippen LogP contribution in [-0.4, -0.2) is 21.1 Å². The zero-order valence-electron chi connectivity index (χ0n) is 9.61. The van der Waals surface area contributed by atoms with Gasteiger partial charge in [-0.25, -0.2) is 4.98 Å². The first-order chi connectivity index (χ1) is 8.19. The summed E-state index contributed by atoms with van der Waals surface area (Å²) >= 11 is 7.20. The van der Waals surface area contributed by atoms with E-state index in [1.165, 1.54) is 0 Å². The lowest BCUT2D eigenvalue weighted by atomic mass is 10.3. The molecule has 0 aliphatic rings. The van der Waals surface area contributed by atoms with Crippen LogP contribution in [0.3, 0.4) is 0 Å². The van der Waals surface area contributed by atoms with E-state index in [1.807, 2.05) is 19.2 Å². The summed E-state index contributed by atoms with van der Waals surface area (Å²) in [6.07, 6.45) is 0.584. The minimum Gasteiger partial charge on any atom is -0.408 e. The molecule has 0 saturated heterocycles. The van der Waals surface area contributed by atoms with Crippen LogP contribution in [-0.2, 0) is 6.42 Å². The van der Waals surface area contributed by atoms with E-state index in [9.17, 15) is 0 Å². The Morgan fingerprint density at radius 2 is 2.35 bits per heavy atom.